The Morgan fingerprint density at radius 2 is 2.00 bits per heavy atom. The van der Waals surface area contributed by atoms with Gasteiger partial charge in [-0.25, -0.2) is 9.97 Å². The maximum absolute atomic E-state index is 12.3. The molecule has 1 N–H and O–H groups in total. The van der Waals surface area contributed by atoms with Crippen LogP contribution in [0.5, 0.6) is 0 Å². The molecular formula is C17H15N3O3S. The third kappa shape index (κ3) is 3.75. The molecule has 0 aliphatic carbocycles. The van der Waals surface area contributed by atoms with Gasteiger partial charge in [-0.05, 0) is 19.1 Å². The highest BCUT2D eigenvalue weighted by molar-refractivity contribution is 7.14. The fourth-order valence-electron chi connectivity index (χ4n) is 2.16. The van der Waals surface area contributed by atoms with E-state index in [2.05, 4.69) is 15.3 Å². The van der Waals surface area contributed by atoms with E-state index in [1.807, 2.05) is 30.3 Å². The van der Waals surface area contributed by atoms with Crippen LogP contribution in [0, 0.1) is 0 Å². The Bertz CT molecular complexity index is 891. The van der Waals surface area contributed by atoms with Crippen molar-refractivity contribution < 1.29 is 14.3 Å². The molecule has 1 aromatic carbocycles. The summed E-state index contributed by atoms with van der Waals surface area (Å²) in [7, 11) is 0. The van der Waals surface area contributed by atoms with Crippen molar-refractivity contribution in [2.45, 2.75) is 13.3 Å². The lowest BCUT2D eigenvalue weighted by Crippen LogP contribution is -2.14. The quantitative estimate of drug-likeness (QED) is 0.721. The number of hydrogen-bond donors (Lipinski definition) is 1. The number of anilines is 1. The van der Waals surface area contributed by atoms with Gasteiger partial charge < -0.3 is 4.74 Å². The molecule has 2 heterocycles. The van der Waals surface area contributed by atoms with Crippen molar-refractivity contribution in [3.8, 4) is 0 Å². The number of rotatable bonds is 5. The fraction of sp³-hybridized carbons (Fsp3) is 0.176. The molecule has 2 aromatic heterocycles. The molecule has 0 atom stereocenters. The number of carbonyl (C=O) groups excluding carboxylic acids is 2. The average Bonchev–Trinajstić information content (AvgIpc) is 3.01. The van der Waals surface area contributed by atoms with Crippen LogP contribution in [0.4, 0.5) is 5.13 Å². The summed E-state index contributed by atoms with van der Waals surface area (Å²) in [5, 5.41) is 5.82. The van der Waals surface area contributed by atoms with Crippen molar-refractivity contribution in [3.63, 3.8) is 0 Å². The number of hydrogen-bond acceptors (Lipinski definition) is 6. The maximum Gasteiger partial charge on any atom is 0.311 e. The summed E-state index contributed by atoms with van der Waals surface area (Å²) in [4.78, 5) is 32.3. The van der Waals surface area contributed by atoms with E-state index >= 15 is 0 Å². The van der Waals surface area contributed by atoms with Crippen LogP contribution in [-0.4, -0.2) is 28.5 Å². The molecule has 122 valence electrons. The maximum atomic E-state index is 12.3. The second-order valence-electron chi connectivity index (χ2n) is 4.97. The molecule has 0 saturated carbocycles. The molecule has 0 radical (unpaired) electrons. The van der Waals surface area contributed by atoms with E-state index in [-0.39, 0.29) is 18.3 Å². The summed E-state index contributed by atoms with van der Waals surface area (Å²) in [6.07, 6.45) is 0.0917. The van der Waals surface area contributed by atoms with Crippen molar-refractivity contribution >= 4 is 39.2 Å². The highest BCUT2D eigenvalue weighted by Crippen LogP contribution is 2.18. The van der Waals surface area contributed by atoms with Gasteiger partial charge in [0.2, 0.25) is 0 Å². The predicted octanol–water partition coefficient (Wildman–Crippen LogP) is 3.05. The smallest absolute Gasteiger partial charge is 0.311 e. The zero-order valence-corrected chi connectivity index (χ0v) is 13.8. The van der Waals surface area contributed by atoms with Crippen LogP contribution >= 0.6 is 11.3 Å². The number of esters is 1. The Labute approximate surface area is 142 Å². The summed E-state index contributed by atoms with van der Waals surface area (Å²) in [6, 6.07) is 11.1. The van der Waals surface area contributed by atoms with E-state index in [1.54, 1.807) is 18.4 Å². The van der Waals surface area contributed by atoms with E-state index in [4.69, 9.17) is 4.74 Å². The second-order valence-corrected chi connectivity index (χ2v) is 5.83. The van der Waals surface area contributed by atoms with Gasteiger partial charge in [0.15, 0.2) is 5.13 Å². The fourth-order valence-corrected chi connectivity index (χ4v) is 2.86. The van der Waals surface area contributed by atoms with Gasteiger partial charge in [0, 0.05) is 10.8 Å². The highest BCUT2D eigenvalue weighted by Gasteiger charge is 2.13. The Morgan fingerprint density at radius 3 is 2.83 bits per heavy atom. The molecule has 0 aliphatic rings. The van der Waals surface area contributed by atoms with Crippen molar-refractivity contribution in [2.75, 3.05) is 11.9 Å². The highest BCUT2D eigenvalue weighted by atomic mass is 32.1. The van der Waals surface area contributed by atoms with E-state index < -0.39 is 0 Å². The Hall–Kier alpha value is -2.80. The van der Waals surface area contributed by atoms with Crippen molar-refractivity contribution in [1.82, 2.24) is 9.97 Å². The van der Waals surface area contributed by atoms with Gasteiger partial charge in [-0.15, -0.1) is 11.3 Å². The van der Waals surface area contributed by atoms with Crippen LogP contribution in [0.2, 0.25) is 0 Å². The molecule has 7 heteroatoms. The van der Waals surface area contributed by atoms with Gasteiger partial charge in [-0.2, -0.15) is 0 Å². The normalized spacial score (nSPS) is 10.5. The Balaban J connectivity index is 1.69. The van der Waals surface area contributed by atoms with Crippen LogP contribution in [0.1, 0.15) is 23.1 Å². The number of ether oxygens (including phenoxy) is 1. The van der Waals surface area contributed by atoms with Crippen molar-refractivity contribution in [2.24, 2.45) is 0 Å². The molecule has 3 rings (SSSR count). The summed E-state index contributed by atoms with van der Waals surface area (Å²) < 4.78 is 4.87. The number of carbonyl (C=O) groups is 2. The third-order valence-corrected chi connectivity index (χ3v) is 4.04. The summed E-state index contributed by atoms with van der Waals surface area (Å²) in [5.41, 5.74) is 1.64. The van der Waals surface area contributed by atoms with Gasteiger partial charge >= 0.3 is 5.97 Å². The molecular weight excluding hydrogens is 326 g/mol. The SMILES string of the molecule is CCOC(=O)Cc1csc(NC(=O)c2ccc3ccccc3n2)n1. The predicted molar refractivity (Wildman–Crippen MR) is 92.1 cm³/mol. The lowest BCUT2D eigenvalue weighted by Gasteiger charge is -2.03. The molecule has 0 bridgehead atoms. The molecule has 0 spiro atoms. The monoisotopic (exact) mass is 341 g/mol. The van der Waals surface area contributed by atoms with Crippen LogP contribution in [0.25, 0.3) is 10.9 Å². The number of amides is 1. The number of aromatic nitrogens is 2. The number of pyridine rings is 1. The third-order valence-electron chi connectivity index (χ3n) is 3.23. The first-order chi connectivity index (χ1) is 11.7. The molecule has 0 fully saturated rings. The first-order valence-electron chi connectivity index (χ1n) is 7.43. The van der Waals surface area contributed by atoms with Crippen LogP contribution in [-0.2, 0) is 16.0 Å². The summed E-state index contributed by atoms with van der Waals surface area (Å²) in [6.45, 7) is 2.08. The minimum absolute atomic E-state index is 0.0917. The molecule has 3 aromatic rings. The number of fused-ring (bicyclic) bond motifs is 1. The number of para-hydroxylation sites is 1. The van der Waals surface area contributed by atoms with Crippen LogP contribution in [0.3, 0.4) is 0 Å². The number of nitrogens with zero attached hydrogens (tertiary/aromatic N) is 2. The van der Waals surface area contributed by atoms with E-state index in [0.29, 0.717) is 23.1 Å². The first kappa shape index (κ1) is 16.1. The average molecular weight is 341 g/mol. The topological polar surface area (TPSA) is 81.2 Å². The number of nitrogens with one attached hydrogen (secondary N) is 1. The zero-order valence-electron chi connectivity index (χ0n) is 13.0. The van der Waals surface area contributed by atoms with Crippen molar-refractivity contribution in [1.29, 1.82) is 0 Å². The van der Waals surface area contributed by atoms with E-state index in [9.17, 15) is 9.59 Å². The van der Waals surface area contributed by atoms with Gasteiger partial charge in [-0.3, -0.25) is 14.9 Å². The molecule has 1 amide bonds. The number of thiazole rings is 1. The van der Waals surface area contributed by atoms with Gasteiger partial charge in [0.05, 0.1) is 24.2 Å². The van der Waals surface area contributed by atoms with Crippen molar-refractivity contribution in [3.05, 3.63) is 53.2 Å². The molecule has 0 saturated heterocycles. The summed E-state index contributed by atoms with van der Waals surface area (Å²) in [5.74, 6) is -0.672. The summed E-state index contributed by atoms with van der Waals surface area (Å²) >= 11 is 1.26. The molecule has 24 heavy (non-hydrogen) atoms. The standard InChI is InChI=1S/C17H15N3O3S/c1-2-23-15(21)9-12-10-24-17(18-12)20-16(22)14-8-7-11-5-3-4-6-13(11)19-14/h3-8,10H,2,9H2,1H3,(H,18,20,22). The van der Waals surface area contributed by atoms with Gasteiger partial charge in [0.1, 0.15) is 5.69 Å². The lowest BCUT2D eigenvalue weighted by molar-refractivity contribution is -0.142. The zero-order chi connectivity index (χ0) is 16.9. The van der Waals surface area contributed by atoms with Crippen LogP contribution in [0.15, 0.2) is 41.8 Å². The molecule has 6 nitrogen and oxygen atoms in total. The number of benzene rings is 1. The van der Waals surface area contributed by atoms with E-state index in [0.717, 1.165) is 10.9 Å². The largest absolute Gasteiger partial charge is 0.466 e. The van der Waals surface area contributed by atoms with Gasteiger partial charge in [0.25, 0.3) is 5.91 Å². The minimum atomic E-state index is -0.336. The second kappa shape index (κ2) is 7.18. The molecule has 0 aliphatic heterocycles. The van der Waals surface area contributed by atoms with Crippen LogP contribution < -0.4 is 5.32 Å². The Morgan fingerprint density at radius 1 is 1.17 bits per heavy atom. The van der Waals surface area contributed by atoms with Gasteiger partial charge in [-0.1, -0.05) is 24.3 Å². The Kier molecular flexibility index (Phi) is 4.81. The lowest BCUT2D eigenvalue weighted by atomic mass is 10.2. The minimum Gasteiger partial charge on any atom is -0.466 e. The van der Waals surface area contributed by atoms with E-state index in [1.165, 1.54) is 11.3 Å². The first-order valence-corrected chi connectivity index (χ1v) is 8.31. The molecule has 0 unspecified atom stereocenters.